The molecular formula is C12H17FN2O2. The van der Waals surface area contributed by atoms with Gasteiger partial charge in [-0.2, -0.15) is 0 Å². The Morgan fingerprint density at radius 2 is 2.06 bits per heavy atom. The Hall–Kier alpha value is -1.62. The van der Waals surface area contributed by atoms with E-state index >= 15 is 0 Å². The normalized spacial score (nSPS) is 10.1. The summed E-state index contributed by atoms with van der Waals surface area (Å²) in [6, 6.07) is 5.80. The van der Waals surface area contributed by atoms with E-state index in [1.165, 1.54) is 12.1 Å². The van der Waals surface area contributed by atoms with Crippen LogP contribution in [0.15, 0.2) is 24.3 Å². The SMILES string of the molecule is CNCC(=O)N(C)CCOc1ccc(F)cc1. The number of nitrogens with zero attached hydrogens (tertiary/aromatic N) is 1. The van der Waals surface area contributed by atoms with E-state index in [2.05, 4.69) is 5.32 Å². The fourth-order valence-corrected chi connectivity index (χ4v) is 1.24. The van der Waals surface area contributed by atoms with Crippen LogP contribution in [-0.4, -0.2) is 44.6 Å². The van der Waals surface area contributed by atoms with Gasteiger partial charge in [0, 0.05) is 7.05 Å². The molecule has 0 heterocycles. The Kier molecular flexibility index (Phi) is 5.42. The van der Waals surface area contributed by atoms with Crippen molar-refractivity contribution < 1.29 is 13.9 Å². The zero-order chi connectivity index (χ0) is 12.7. The molecule has 1 aromatic carbocycles. The van der Waals surface area contributed by atoms with Gasteiger partial charge >= 0.3 is 0 Å². The van der Waals surface area contributed by atoms with Crippen molar-refractivity contribution in [3.63, 3.8) is 0 Å². The first kappa shape index (κ1) is 13.4. The molecule has 17 heavy (non-hydrogen) atoms. The molecule has 0 bridgehead atoms. The maximum Gasteiger partial charge on any atom is 0.236 e. The second-order valence-electron chi connectivity index (χ2n) is 3.65. The standard InChI is InChI=1S/C12H17FN2O2/c1-14-9-12(16)15(2)7-8-17-11-5-3-10(13)4-6-11/h3-6,14H,7-9H2,1-2H3. The maximum atomic E-state index is 12.6. The third-order valence-corrected chi connectivity index (χ3v) is 2.26. The molecule has 0 aliphatic carbocycles. The molecule has 0 spiro atoms. The van der Waals surface area contributed by atoms with E-state index in [4.69, 9.17) is 4.74 Å². The Labute approximate surface area is 100 Å². The number of carbonyl (C=O) groups is 1. The summed E-state index contributed by atoms with van der Waals surface area (Å²) in [5.41, 5.74) is 0. The van der Waals surface area contributed by atoms with Crippen molar-refractivity contribution in [1.29, 1.82) is 0 Å². The summed E-state index contributed by atoms with van der Waals surface area (Å²) in [6.07, 6.45) is 0. The number of likely N-dealkylation sites (N-methyl/N-ethyl adjacent to an activating group) is 2. The van der Waals surface area contributed by atoms with Crippen molar-refractivity contribution in [2.24, 2.45) is 0 Å². The van der Waals surface area contributed by atoms with Gasteiger partial charge in [0.05, 0.1) is 13.1 Å². The maximum absolute atomic E-state index is 12.6. The van der Waals surface area contributed by atoms with Crippen molar-refractivity contribution in [2.45, 2.75) is 0 Å². The number of carbonyl (C=O) groups excluding carboxylic acids is 1. The molecule has 0 aromatic heterocycles. The largest absolute Gasteiger partial charge is 0.492 e. The highest BCUT2D eigenvalue weighted by atomic mass is 19.1. The number of amides is 1. The average molecular weight is 240 g/mol. The van der Waals surface area contributed by atoms with Gasteiger partial charge in [-0.1, -0.05) is 0 Å². The first-order chi connectivity index (χ1) is 8.13. The highest BCUT2D eigenvalue weighted by molar-refractivity contribution is 5.77. The third kappa shape index (κ3) is 4.82. The second-order valence-corrected chi connectivity index (χ2v) is 3.65. The molecule has 4 nitrogen and oxygen atoms in total. The summed E-state index contributed by atoms with van der Waals surface area (Å²) in [6.45, 7) is 1.20. The molecule has 0 fully saturated rings. The molecule has 0 aliphatic heterocycles. The second kappa shape index (κ2) is 6.85. The van der Waals surface area contributed by atoms with Gasteiger partial charge in [0.1, 0.15) is 18.2 Å². The summed E-state index contributed by atoms with van der Waals surface area (Å²) in [5.74, 6) is 0.315. The van der Waals surface area contributed by atoms with Gasteiger partial charge in [0.15, 0.2) is 0 Å². The molecule has 1 amide bonds. The minimum atomic E-state index is -0.293. The molecule has 1 rings (SSSR count). The lowest BCUT2D eigenvalue weighted by molar-refractivity contribution is -0.129. The predicted molar refractivity (Wildman–Crippen MR) is 63.5 cm³/mol. The average Bonchev–Trinajstić information content (AvgIpc) is 2.32. The zero-order valence-corrected chi connectivity index (χ0v) is 10.1. The number of nitrogens with one attached hydrogen (secondary N) is 1. The van der Waals surface area contributed by atoms with E-state index in [-0.39, 0.29) is 11.7 Å². The molecule has 0 saturated carbocycles. The van der Waals surface area contributed by atoms with E-state index in [1.807, 2.05) is 0 Å². The Morgan fingerprint density at radius 1 is 1.41 bits per heavy atom. The first-order valence-corrected chi connectivity index (χ1v) is 5.40. The smallest absolute Gasteiger partial charge is 0.236 e. The monoisotopic (exact) mass is 240 g/mol. The predicted octanol–water partition coefficient (Wildman–Crippen LogP) is 0.882. The van der Waals surface area contributed by atoms with Crippen LogP contribution in [0.4, 0.5) is 4.39 Å². The molecular weight excluding hydrogens is 223 g/mol. The molecule has 0 atom stereocenters. The van der Waals surface area contributed by atoms with Crippen molar-refractivity contribution in [3.8, 4) is 5.75 Å². The highest BCUT2D eigenvalue weighted by Crippen LogP contribution is 2.10. The summed E-state index contributed by atoms with van der Waals surface area (Å²) in [7, 11) is 3.44. The van der Waals surface area contributed by atoms with Crippen LogP contribution in [-0.2, 0) is 4.79 Å². The lowest BCUT2D eigenvalue weighted by Crippen LogP contribution is -2.36. The molecule has 5 heteroatoms. The van der Waals surface area contributed by atoms with E-state index in [9.17, 15) is 9.18 Å². The van der Waals surface area contributed by atoms with Gasteiger partial charge in [0.25, 0.3) is 0 Å². The van der Waals surface area contributed by atoms with E-state index in [0.29, 0.717) is 25.4 Å². The number of ether oxygens (including phenoxy) is 1. The molecule has 0 aliphatic rings. The minimum Gasteiger partial charge on any atom is -0.492 e. The minimum absolute atomic E-state index is 0.00945. The number of halogens is 1. The molecule has 1 aromatic rings. The van der Waals surface area contributed by atoms with Crippen LogP contribution in [0.2, 0.25) is 0 Å². The van der Waals surface area contributed by atoms with Gasteiger partial charge in [-0.3, -0.25) is 4.79 Å². The third-order valence-electron chi connectivity index (χ3n) is 2.26. The lowest BCUT2D eigenvalue weighted by Gasteiger charge is -2.17. The molecule has 0 unspecified atom stereocenters. The summed E-state index contributed by atoms with van der Waals surface area (Å²) >= 11 is 0. The van der Waals surface area contributed by atoms with Gasteiger partial charge in [-0.05, 0) is 31.3 Å². The molecule has 0 saturated heterocycles. The molecule has 0 radical (unpaired) electrons. The number of hydrogen-bond acceptors (Lipinski definition) is 3. The van der Waals surface area contributed by atoms with E-state index in [0.717, 1.165) is 0 Å². The Morgan fingerprint density at radius 3 is 2.65 bits per heavy atom. The van der Waals surface area contributed by atoms with Gasteiger partial charge in [-0.15, -0.1) is 0 Å². The van der Waals surface area contributed by atoms with Gasteiger partial charge in [0.2, 0.25) is 5.91 Å². The first-order valence-electron chi connectivity index (χ1n) is 5.40. The van der Waals surface area contributed by atoms with Crippen LogP contribution in [0.1, 0.15) is 0 Å². The van der Waals surface area contributed by atoms with Crippen molar-refractivity contribution in [2.75, 3.05) is 33.8 Å². The summed E-state index contributed by atoms with van der Waals surface area (Å²) in [5, 5.41) is 2.79. The van der Waals surface area contributed by atoms with Crippen LogP contribution in [0.5, 0.6) is 5.75 Å². The number of rotatable bonds is 6. The summed E-state index contributed by atoms with van der Waals surface area (Å²) < 4.78 is 18.0. The summed E-state index contributed by atoms with van der Waals surface area (Å²) in [4.78, 5) is 13.0. The lowest BCUT2D eigenvalue weighted by atomic mass is 10.3. The van der Waals surface area contributed by atoms with Gasteiger partial charge in [-0.25, -0.2) is 4.39 Å². The van der Waals surface area contributed by atoms with Crippen molar-refractivity contribution in [3.05, 3.63) is 30.1 Å². The van der Waals surface area contributed by atoms with Crippen LogP contribution >= 0.6 is 0 Å². The Bertz CT molecular complexity index is 354. The zero-order valence-electron chi connectivity index (χ0n) is 10.1. The van der Waals surface area contributed by atoms with Crippen molar-refractivity contribution in [1.82, 2.24) is 10.2 Å². The highest BCUT2D eigenvalue weighted by Gasteiger charge is 2.06. The quantitative estimate of drug-likeness (QED) is 0.802. The van der Waals surface area contributed by atoms with Crippen LogP contribution < -0.4 is 10.1 Å². The molecule has 94 valence electrons. The fraction of sp³-hybridized carbons (Fsp3) is 0.417. The van der Waals surface area contributed by atoms with Gasteiger partial charge < -0.3 is 15.0 Å². The van der Waals surface area contributed by atoms with E-state index in [1.54, 1.807) is 31.1 Å². The van der Waals surface area contributed by atoms with Crippen LogP contribution in [0.3, 0.4) is 0 Å². The Balaban J connectivity index is 2.27. The van der Waals surface area contributed by atoms with Crippen LogP contribution in [0, 0.1) is 5.82 Å². The molecule has 1 N–H and O–H groups in total. The van der Waals surface area contributed by atoms with Crippen molar-refractivity contribution >= 4 is 5.91 Å². The number of hydrogen-bond donors (Lipinski definition) is 1. The fourth-order valence-electron chi connectivity index (χ4n) is 1.24. The van der Waals surface area contributed by atoms with Crippen LogP contribution in [0.25, 0.3) is 0 Å². The number of benzene rings is 1. The topological polar surface area (TPSA) is 41.6 Å². The van der Waals surface area contributed by atoms with E-state index < -0.39 is 0 Å².